The van der Waals surface area contributed by atoms with Crippen LogP contribution in [-0.4, -0.2) is 17.6 Å². The highest BCUT2D eigenvalue weighted by Gasteiger charge is 2.70. The van der Waals surface area contributed by atoms with Crippen LogP contribution in [0.3, 0.4) is 0 Å². The van der Waals surface area contributed by atoms with E-state index in [0.717, 1.165) is 33.0 Å². The first-order valence-electron chi connectivity index (χ1n) is 11.6. The van der Waals surface area contributed by atoms with Gasteiger partial charge in [-0.15, -0.1) is 0 Å². The maximum atomic E-state index is 14.3. The van der Waals surface area contributed by atoms with Gasteiger partial charge < -0.3 is 0 Å². The Morgan fingerprint density at radius 3 is 2.00 bits per heavy atom. The van der Waals surface area contributed by atoms with Crippen molar-refractivity contribution in [1.82, 2.24) is 0 Å². The number of ketones is 1. The van der Waals surface area contributed by atoms with Crippen LogP contribution in [0.1, 0.15) is 35.1 Å². The number of nitrogens with zero attached hydrogens (tertiary/aromatic N) is 1. The van der Waals surface area contributed by atoms with Crippen molar-refractivity contribution in [3.8, 4) is 0 Å². The van der Waals surface area contributed by atoms with E-state index in [9.17, 15) is 14.4 Å². The van der Waals surface area contributed by atoms with Gasteiger partial charge in [0.15, 0.2) is 0 Å². The summed E-state index contributed by atoms with van der Waals surface area (Å²) in [6, 6.07) is 29.2. The Hall–Kier alpha value is -4.05. The second-order valence-corrected chi connectivity index (χ2v) is 9.53. The Bertz CT molecular complexity index is 1520. The van der Waals surface area contributed by atoms with Gasteiger partial charge in [0.05, 0.1) is 22.9 Å². The second kappa shape index (κ2) is 6.51. The molecule has 0 radical (unpaired) electrons. The minimum absolute atomic E-state index is 0.0959. The van der Waals surface area contributed by atoms with Crippen LogP contribution in [0.5, 0.6) is 0 Å². The summed E-state index contributed by atoms with van der Waals surface area (Å²) >= 11 is 0. The van der Waals surface area contributed by atoms with Crippen LogP contribution in [0, 0.1) is 11.8 Å². The molecule has 2 amide bonds. The first-order chi connectivity index (χ1) is 16.6. The second-order valence-electron chi connectivity index (χ2n) is 9.53. The molecule has 0 aromatic heterocycles. The molecule has 0 saturated carbocycles. The number of Topliss-reactive ketones (excluding diaryl/α,β-unsaturated/α-hetero) is 1. The summed E-state index contributed by atoms with van der Waals surface area (Å²) in [5, 5.41) is 1.82. The molecule has 34 heavy (non-hydrogen) atoms. The predicted octanol–water partition coefficient (Wildman–Crippen LogP) is 4.98. The maximum Gasteiger partial charge on any atom is 0.239 e. The van der Waals surface area contributed by atoms with Crippen LogP contribution in [0.25, 0.3) is 10.8 Å². The minimum Gasteiger partial charge on any atom is -0.299 e. The van der Waals surface area contributed by atoms with Gasteiger partial charge >= 0.3 is 0 Å². The largest absolute Gasteiger partial charge is 0.299 e. The highest BCUT2D eigenvalue weighted by Crippen LogP contribution is 2.64. The summed E-state index contributed by atoms with van der Waals surface area (Å²) in [5.74, 6) is -2.22. The molecule has 2 atom stereocenters. The molecule has 1 heterocycles. The zero-order chi connectivity index (χ0) is 23.2. The van der Waals surface area contributed by atoms with E-state index in [1.165, 1.54) is 4.90 Å². The van der Waals surface area contributed by atoms with Gasteiger partial charge in [0.2, 0.25) is 11.8 Å². The number of carbonyl (C=O) groups excluding carboxylic acids is 3. The zero-order valence-corrected chi connectivity index (χ0v) is 18.6. The van der Waals surface area contributed by atoms with Crippen molar-refractivity contribution < 1.29 is 14.4 Å². The molecule has 0 spiro atoms. The highest BCUT2D eigenvalue weighted by atomic mass is 16.2. The number of hydrogen-bond donors (Lipinski definition) is 0. The molecule has 4 aliphatic rings. The number of rotatable bonds is 2. The molecule has 4 nitrogen and oxygen atoms in total. The van der Waals surface area contributed by atoms with Crippen LogP contribution in [0.2, 0.25) is 0 Å². The standard InChI is InChI=1S/C30H21NO3/c1-17(32)30-22-14-6-4-12-20(22)25(21-13-5-7-15-23(21)30)26-27(30)29(34)31(28(26)33)24-16-8-10-18-9-2-3-11-19(18)24/h2-16,25-27H,1H3/t25?,26-,27+,30?/m0/s1. The lowest BCUT2D eigenvalue weighted by atomic mass is 9.46. The first-order valence-corrected chi connectivity index (χ1v) is 11.6. The van der Waals surface area contributed by atoms with E-state index in [0.29, 0.717) is 5.69 Å². The Balaban J connectivity index is 1.54. The number of benzene rings is 4. The number of amides is 2. The van der Waals surface area contributed by atoms with Gasteiger partial charge in [-0.3, -0.25) is 14.4 Å². The van der Waals surface area contributed by atoms with E-state index in [2.05, 4.69) is 0 Å². The smallest absolute Gasteiger partial charge is 0.239 e. The fourth-order valence-corrected chi connectivity index (χ4v) is 7.01. The number of hydrogen-bond acceptors (Lipinski definition) is 3. The third kappa shape index (κ3) is 2.07. The number of fused-ring (bicyclic) bond motifs is 1. The molecule has 4 heteroatoms. The number of imide groups is 1. The lowest BCUT2D eigenvalue weighted by molar-refractivity contribution is -0.132. The van der Waals surface area contributed by atoms with E-state index in [-0.39, 0.29) is 23.5 Å². The topological polar surface area (TPSA) is 54.5 Å². The van der Waals surface area contributed by atoms with E-state index in [1.54, 1.807) is 6.92 Å². The molecule has 1 saturated heterocycles. The molecular weight excluding hydrogens is 422 g/mol. The van der Waals surface area contributed by atoms with Crippen LogP contribution in [0.4, 0.5) is 5.69 Å². The van der Waals surface area contributed by atoms with Crippen molar-refractivity contribution in [2.24, 2.45) is 11.8 Å². The molecule has 1 fully saturated rings. The van der Waals surface area contributed by atoms with Gasteiger partial charge in [-0.2, -0.15) is 0 Å². The molecule has 8 rings (SSSR count). The van der Waals surface area contributed by atoms with Crippen molar-refractivity contribution >= 4 is 34.1 Å². The van der Waals surface area contributed by atoms with Gasteiger partial charge in [-0.1, -0.05) is 84.9 Å². The average Bonchev–Trinajstić information content (AvgIpc) is 3.14. The summed E-state index contributed by atoms with van der Waals surface area (Å²) in [6.45, 7) is 1.56. The van der Waals surface area contributed by atoms with Crippen molar-refractivity contribution in [2.75, 3.05) is 4.90 Å². The van der Waals surface area contributed by atoms with Gasteiger partial charge in [-0.05, 0) is 40.6 Å². The third-order valence-electron chi connectivity index (χ3n) is 8.18. The van der Waals surface area contributed by atoms with Gasteiger partial charge in [0.1, 0.15) is 5.78 Å². The van der Waals surface area contributed by atoms with Gasteiger partial charge in [-0.25, -0.2) is 4.90 Å². The summed E-state index contributed by atoms with van der Waals surface area (Å²) in [5.41, 5.74) is 3.13. The summed E-state index contributed by atoms with van der Waals surface area (Å²) in [6.07, 6.45) is 0. The molecule has 3 aliphatic carbocycles. The predicted molar refractivity (Wildman–Crippen MR) is 130 cm³/mol. The average molecular weight is 444 g/mol. The molecule has 4 aromatic rings. The summed E-state index contributed by atoms with van der Waals surface area (Å²) < 4.78 is 0. The lowest BCUT2D eigenvalue weighted by Gasteiger charge is -2.52. The molecule has 164 valence electrons. The zero-order valence-electron chi connectivity index (χ0n) is 18.6. The number of anilines is 1. The molecule has 0 N–H and O–H groups in total. The fourth-order valence-electron chi connectivity index (χ4n) is 7.01. The Morgan fingerprint density at radius 2 is 1.32 bits per heavy atom. The van der Waals surface area contributed by atoms with Crippen molar-refractivity contribution in [1.29, 1.82) is 0 Å². The van der Waals surface area contributed by atoms with Crippen molar-refractivity contribution in [3.05, 3.63) is 113 Å². The first kappa shape index (κ1) is 19.4. The fraction of sp³-hybridized carbons (Fsp3) is 0.167. The van der Waals surface area contributed by atoms with Crippen LogP contribution in [0.15, 0.2) is 91.0 Å². The Kier molecular flexibility index (Phi) is 3.72. The van der Waals surface area contributed by atoms with Crippen LogP contribution in [-0.2, 0) is 19.8 Å². The van der Waals surface area contributed by atoms with Gasteiger partial charge in [0, 0.05) is 11.3 Å². The molecular formula is C30H21NO3. The number of carbonyl (C=O) groups is 3. The van der Waals surface area contributed by atoms with Crippen molar-refractivity contribution in [3.63, 3.8) is 0 Å². The normalized spacial score (nSPS) is 26.4. The quantitative estimate of drug-likeness (QED) is 0.411. The van der Waals surface area contributed by atoms with E-state index < -0.39 is 17.3 Å². The molecule has 0 unspecified atom stereocenters. The highest BCUT2D eigenvalue weighted by molar-refractivity contribution is 6.27. The summed E-state index contributed by atoms with van der Waals surface area (Å²) in [7, 11) is 0. The SMILES string of the molecule is CC(=O)C12c3ccccc3C(c3ccccc31)[C@@H]1C(=O)N(c3cccc4ccccc34)C(=O)[C@@H]12. The van der Waals surface area contributed by atoms with E-state index >= 15 is 0 Å². The monoisotopic (exact) mass is 443 g/mol. The summed E-state index contributed by atoms with van der Waals surface area (Å²) in [4.78, 5) is 43.5. The van der Waals surface area contributed by atoms with Crippen molar-refractivity contribution in [2.45, 2.75) is 18.3 Å². The van der Waals surface area contributed by atoms with E-state index in [1.807, 2.05) is 91.0 Å². The Morgan fingerprint density at radius 1 is 0.735 bits per heavy atom. The van der Waals surface area contributed by atoms with Crippen LogP contribution < -0.4 is 4.90 Å². The maximum absolute atomic E-state index is 14.3. The van der Waals surface area contributed by atoms with Gasteiger partial charge in [0.25, 0.3) is 0 Å². The lowest BCUT2D eigenvalue weighted by Crippen LogP contribution is -2.57. The minimum atomic E-state index is -1.17. The molecule has 2 bridgehead atoms. The molecule has 4 aromatic carbocycles. The Labute approximate surface area is 196 Å². The molecule has 1 aliphatic heterocycles. The van der Waals surface area contributed by atoms with E-state index in [4.69, 9.17) is 0 Å². The van der Waals surface area contributed by atoms with Crippen LogP contribution >= 0.6 is 0 Å². The third-order valence-corrected chi connectivity index (χ3v) is 8.18.